The number of amides is 1. The number of anilines is 1. The van der Waals surface area contributed by atoms with Crippen molar-refractivity contribution in [3.8, 4) is 0 Å². The summed E-state index contributed by atoms with van der Waals surface area (Å²) in [6.45, 7) is -2.12. The highest BCUT2D eigenvalue weighted by atomic mass is 35.5. The van der Waals surface area contributed by atoms with E-state index in [4.69, 9.17) is 11.6 Å². The van der Waals surface area contributed by atoms with Crippen molar-refractivity contribution in [2.24, 2.45) is 0 Å². The van der Waals surface area contributed by atoms with Gasteiger partial charge in [0.05, 0.1) is 17.3 Å². The minimum absolute atomic E-state index is 0.318. The molecule has 19 heavy (non-hydrogen) atoms. The Balaban J connectivity index is 2.56. The highest BCUT2D eigenvalue weighted by molar-refractivity contribution is 6.33. The van der Waals surface area contributed by atoms with Crippen LogP contribution in [0.25, 0.3) is 0 Å². The molecule has 2 N–H and O–H groups in total. The Morgan fingerprint density at radius 2 is 1.89 bits per heavy atom. The maximum Gasteiger partial charge on any atom is 0.405 e. The van der Waals surface area contributed by atoms with Crippen LogP contribution in [0.4, 0.5) is 27.6 Å². The molecule has 0 aromatic heterocycles. The summed E-state index contributed by atoms with van der Waals surface area (Å²) in [6, 6.07) is 1.34. The summed E-state index contributed by atoms with van der Waals surface area (Å²) in [4.78, 5) is 11.0. The Kier molecular flexibility index (Phi) is 4.93. The number of carbonyl (C=O) groups is 1. The normalized spacial score (nSPS) is 11.3. The zero-order valence-corrected chi connectivity index (χ0v) is 10.0. The van der Waals surface area contributed by atoms with Gasteiger partial charge in [-0.3, -0.25) is 4.79 Å². The van der Waals surface area contributed by atoms with Gasteiger partial charge in [-0.15, -0.1) is 0 Å². The van der Waals surface area contributed by atoms with Crippen LogP contribution in [0, 0.1) is 11.6 Å². The fourth-order valence-corrected chi connectivity index (χ4v) is 1.40. The van der Waals surface area contributed by atoms with Crippen LogP contribution in [0.5, 0.6) is 0 Å². The van der Waals surface area contributed by atoms with Gasteiger partial charge >= 0.3 is 6.18 Å². The molecule has 0 atom stereocenters. The number of benzene rings is 1. The molecule has 1 aromatic carbocycles. The predicted octanol–water partition coefficient (Wildman–Crippen LogP) is 2.71. The third-order valence-corrected chi connectivity index (χ3v) is 2.22. The maximum absolute atomic E-state index is 13.2. The molecule has 1 rings (SSSR count). The van der Waals surface area contributed by atoms with Gasteiger partial charge in [0.15, 0.2) is 5.82 Å². The van der Waals surface area contributed by atoms with Crippen LogP contribution in [-0.4, -0.2) is 25.2 Å². The Bertz CT molecular complexity index is 454. The highest BCUT2D eigenvalue weighted by Gasteiger charge is 2.27. The van der Waals surface area contributed by atoms with Gasteiger partial charge in [-0.1, -0.05) is 11.6 Å². The quantitative estimate of drug-likeness (QED) is 0.840. The number of alkyl halides is 3. The van der Waals surface area contributed by atoms with E-state index in [9.17, 15) is 26.7 Å². The number of hydrogen-bond acceptors (Lipinski definition) is 2. The summed E-state index contributed by atoms with van der Waals surface area (Å²) in [5.74, 6) is -2.96. The Morgan fingerprint density at radius 1 is 1.26 bits per heavy atom. The third kappa shape index (κ3) is 5.29. The van der Waals surface area contributed by atoms with E-state index < -0.39 is 36.8 Å². The van der Waals surface area contributed by atoms with Crippen LogP contribution < -0.4 is 10.6 Å². The maximum atomic E-state index is 13.2. The molecule has 3 nitrogen and oxygen atoms in total. The minimum atomic E-state index is -4.53. The van der Waals surface area contributed by atoms with Gasteiger partial charge in [0.1, 0.15) is 12.4 Å². The zero-order chi connectivity index (χ0) is 14.6. The fourth-order valence-electron chi connectivity index (χ4n) is 1.14. The van der Waals surface area contributed by atoms with Crippen LogP contribution in [-0.2, 0) is 4.79 Å². The second kappa shape index (κ2) is 6.05. The van der Waals surface area contributed by atoms with E-state index in [1.165, 1.54) is 0 Å². The number of hydrogen-bond donors (Lipinski definition) is 2. The molecule has 1 aromatic rings. The van der Waals surface area contributed by atoms with Gasteiger partial charge in [-0.05, 0) is 6.07 Å². The molecule has 0 heterocycles. The van der Waals surface area contributed by atoms with Crippen molar-refractivity contribution >= 4 is 23.2 Å². The Labute approximate surface area is 109 Å². The first-order chi connectivity index (χ1) is 8.69. The standard InChI is InChI=1S/C10H8ClF5N2O/c11-6-1-5(12)2-7(13)9(6)17-3-8(19)18-4-10(14,15)16/h1-2,17H,3-4H2,(H,18,19). The molecule has 1 amide bonds. The third-order valence-electron chi connectivity index (χ3n) is 1.92. The van der Waals surface area contributed by atoms with E-state index in [0.29, 0.717) is 6.07 Å². The van der Waals surface area contributed by atoms with Crippen molar-refractivity contribution in [3.05, 3.63) is 28.8 Å². The molecule has 0 fully saturated rings. The minimum Gasteiger partial charge on any atom is -0.373 e. The smallest absolute Gasteiger partial charge is 0.373 e. The average molecular weight is 303 g/mol. The molecule has 0 bridgehead atoms. The van der Waals surface area contributed by atoms with Gasteiger partial charge in [-0.2, -0.15) is 13.2 Å². The lowest BCUT2D eigenvalue weighted by molar-refractivity contribution is -0.137. The molecular weight excluding hydrogens is 295 g/mol. The van der Waals surface area contributed by atoms with Crippen LogP contribution in [0.3, 0.4) is 0 Å². The zero-order valence-electron chi connectivity index (χ0n) is 9.24. The number of halogens is 6. The molecule has 0 radical (unpaired) electrons. The largest absolute Gasteiger partial charge is 0.405 e. The van der Waals surface area contributed by atoms with E-state index in [1.54, 1.807) is 5.32 Å². The lowest BCUT2D eigenvalue weighted by Crippen LogP contribution is -2.37. The topological polar surface area (TPSA) is 41.1 Å². The average Bonchev–Trinajstić information content (AvgIpc) is 2.23. The van der Waals surface area contributed by atoms with Crippen LogP contribution in [0.1, 0.15) is 0 Å². The summed E-state index contributed by atoms with van der Waals surface area (Å²) in [5.41, 5.74) is -0.356. The number of carbonyl (C=O) groups excluding carboxylic acids is 1. The molecule has 106 valence electrons. The first-order valence-electron chi connectivity index (χ1n) is 4.91. The van der Waals surface area contributed by atoms with Gasteiger partial charge < -0.3 is 10.6 Å². The fraction of sp³-hybridized carbons (Fsp3) is 0.300. The Hall–Kier alpha value is -1.57. The van der Waals surface area contributed by atoms with Gasteiger partial charge in [0, 0.05) is 6.07 Å². The lowest BCUT2D eigenvalue weighted by atomic mass is 10.3. The van der Waals surface area contributed by atoms with Crippen molar-refractivity contribution in [1.82, 2.24) is 5.32 Å². The second-order valence-electron chi connectivity index (χ2n) is 3.49. The van der Waals surface area contributed by atoms with Crippen LogP contribution in [0.15, 0.2) is 12.1 Å². The predicted molar refractivity (Wildman–Crippen MR) is 58.9 cm³/mol. The van der Waals surface area contributed by atoms with Crippen molar-refractivity contribution < 1.29 is 26.7 Å². The van der Waals surface area contributed by atoms with Crippen LogP contribution in [0.2, 0.25) is 5.02 Å². The molecule has 0 spiro atoms. The monoisotopic (exact) mass is 302 g/mol. The van der Waals surface area contributed by atoms with Gasteiger partial charge in [0.2, 0.25) is 5.91 Å². The lowest BCUT2D eigenvalue weighted by Gasteiger charge is -2.11. The summed E-state index contributed by atoms with van der Waals surface area (Å²) < 4.78 is 61.3. The first-order valence-corrected chi connectivity index (χ1v) is 5.28. The molecule has 0 unspecified atom stereocenters. The first kappa shape index (κ1) is 15.5. The van der Waals surface area contributed by atoms with E-state index in [2.05, 4.69) is 5.32 Å². The van der Waals surface area contributed by atoms with Crippen molar-refractivity contribution in [2.45, 2.75) is 6.18 Å². The SMILES string of the molecule is O=C(CNc1c(F)cc(F)cc1Cl)NCC(F)(F)F. The molecule has 9 heteroatoms. The molecule has 0 aliphatic heterocycles. The number of rotatable bonds is 4. The van der Waals surface area contributed by atoms with Crippen LogP contribution >= 0.6 is 11.6 Å². The summed E-state index contributed by atoms with van der Waals surface area (Å²) in [6.07, 6.45) is -4.53. The second-order valence-corrected chi connectivity index (χ2v) is 3.90. The molecular formula is C10H8ClF5N2O. The van der Waals surface area contributed by atoms with E-state index in [-0.39, 0.29) is 10.7 Å². The van der Waals surface area contributed by atoms with Gasteiger partial charge in [0.25, 0.3) is 0 Å². The molecule has 0 saturated heterocycles. The van der Waals surface area contributed by atoms with E-state index in [0.717, 1.165) is 6.07 Å². The summed E-state index contributed by atoms with van der Waals surface area (Å²) in [5, 5.41) is 3.45. The van der Waals surface area contributed by atoms with E-state index in [1.807, 2.05) is 0 Å². The van der Waals surface area contributed by atoms with Crippen molar-refractivity contribution in [3.63, 3.8) is 0 Å². The summed E-state index contributed by atoms with van der Waals surface area (Å²) >= 11 is 5.51. The Morgan fingerprint density at radius 3 is 2.42 bits per heavy atom. The van der Waals surface area contributed by atoms with E-state index >= 15 is 0 Å². The highest BCUT2D eigenvalue weighted by Crippen LogP contribution is 2.26. The van der Waals surface area contributed by atoms with Crippen molar-refractivity contribution in [2.75, 3.05) is 18.4 Å². The molecule has 0 aliphatic rings. The molecule has 0 aliphatic carbocycles. The number of nitrogens with one attached hydrogen (secondary N) is 2. The van der Waals surface area contributed by atoms with Crippen molar-refractivity contribution in [1.29, 1.82) is 0 Å². The summed E-state index contributed by atoms with van der Waals surface area (Å²) in [7, 11) is 0. The molecule has 0 saturated carbocycles. The van der Waals surface area contributed by atoms with Gasteiger partial charge in [-0.25, -0.2) is 8.78 Å².